The summed E-state index contributed by atoms with van der Waals surface area (Å²) in [5.74, 6) is -1.28. The molecule has 0 aromatic heterocycles. The minimum atomic E-state index is -0.802. The molecule has 1 rings (SSSR count). The first-order valence-corrected chi connectivity index (χ1v) is 5.06. The molecule has 0 fully saturated rings. The van der Waals surface area contributed by atoms with Gasteiger partial charge in [-0.1, -0.05) is 18.2 Å². The van der Waals surface area contributed by atoms with Gasteiger partial charge in [-0.05, 0) is 43.5 Å². The van der Waals surface area contributed by atoms with E-state index in [1.54, 1.807) is 0 Å². The fourth-order valence-electron chi connectivity index (χ4n) is 1.58. The zero-order chi connectivity index (χ0) is 11.4. The molecule has 15 heavy (non-hydrogen) atoms. The van der Waals surface area contributed by atoms with Gasteiger partial charge in [-0.15, -0.1) is 0 Å². The van der Waals surface area contributed by atoms with Crippen molar-refractivity contribution in [3.63, 3.8) is 0 Å². The third-order valence-corrected chi connectivity index (χ3v) is 2.69. The van der Waals surface area contributed by atoms with Crippen molar-refractivity contribution >= 4 is 5.97 Å². The van der Waals surface area contributed by atoms with Crippen LogP contribution in [0.1, 0.15) is 29.0 Å². The summed E-state index contributed by atoms with van der Waals surface area (Å²) < 4.78 is 0. The van der Waals surface area contributed by atoms with Gasteiger partial charge >= 0.3 is 5.97 Å². The molecular formula is C12H17NO2. The second-order valence-corrected chi connectivity index (χ2v) is 3.81. The average molecular weight is 207 g/mol. The second-order valence-electron chi connectivity index (χ2n) is 3.81. The molecule has 1 unspecified atom stereocenters. The molecule has 1 atom stereocenters. The number of carboxylic acids is 1. The van der Waals surface area contributed by atoms with Gasteiger partial charge in [-0.2, -0.15) is 0 Å². The van der Waals surface area contributed by atoms with Crippen LogP contribution in [0.15, 0.2) is 18.2 Å². The van der Waals surface area contributed by atoms with E-state index in [2.05, 4.69) is 0 Å². The lowest BCUT2D eigenvalue weighted by atomic mass is 9.93. The molecule has 0 aliphatic heterocycles. The van der Waals surface area contributed by atoms with Crippen LogP contribution in [0, 0.1) is 13.8 Å². The minimum absolute atomic E-state index is 0.393. The fraction of sp³-hybridized carbons (Fsp3) is 0.417. The number of benzene rings is 1. The molecule has 3 heteroatoms. The van der Waals surface area contributed by atoms with Crippen molar-refractivity contribution in [3.05, 3.63) is 34.9 Å². The quantitative estimate of drug-likeness (QED) is 0.791. The maximum absolute atomic E-state index is 11.0. The molecule has 1 aromatic carbocycles. The number of aryl methyl sites for hydroxylation is 2. The third-order valence-electron chi connectivity index (χ3n) is 2.69. The number of carboxylic acid groups (broad SMARTS) is 1. The van der Waals surface area contributed by atoms with E-state index in [-0.39, 0.29) is 0 Å². The molecule has 3 N–H and O–H groups in total. The lowest BCUT2D eigenvalue weighted by molar-refractivity contribution is -0.138. The predicted molar refractivity (Wildman–Crippen MR) is 60.0 cm³/mol. The Hall–Kier alpha value is -1.35. The Labute approximate surface area is 89.9 Å². The van der Waals surface area contributed by atoms with Crippen LogP contribution in [0.5, 0.6) is 0 Å². The molecule has 0 heterocycles. The van der Waals surface area contributed by atoms with Crippen LogP contribution in [0.3, 0.4) is 0 Å². The molecule has 0 spiro atoms. The zero-order valence-electron chi connectivity index (χ0n) is 9.16. The minimum Gasteiger partial charge on any atom is -0.481 e. The Morgan fingerprint density at radius 3 is 2.53 bits per heavy atom. The van der Waals surface area contributed by atoms with Gasteiger partial charge in [0.1, 0.15) is 0 Å². The molecule has 3 nitrogen and oxygen atoms in total. The van der Waals surface area contributed by atoms with E-state index in [9.17, 15) is 4.79 Å². The molecule has 0 amide bonds. The van der Waals surface area contributed by atoms with Crippen molar-refractivity contribution in [2.45, 2.75) is 26.2 Å². The summed E-state index contributed by atoms with van der Waals surface area (Å²) in [4.78, 5) is 11.0. The Bertz CT molecular complexity index is 361. The van der Waals surface area contributed by atoms with E-state index in [1.165, 1.54) is 5.56 Å². The maximum atomic E-state index is 11.0. The van der Waals surface area contributed by atoms with Crippen molar-refractivity contribution in [3.8, 4) is 0 Å². The van der Waals surface area contributed by atoms with Crippen LogP contribution in [0.4, 0.5) is 0 Å². The third kappa shape index (κ3) is 2.80. The van der Waals surface area contributed by atoms with Crippen molar-refractivity contribution in [1.29, 1.82) is 0 Å². The highest BCUT2D eigenvalue weighted by Gasteiger charge is 2.18. The Kier molecular flexibility index (Phi) is 3.86. The van der Waals surface area contributed by atoms with Crippen LogP contribution >= 0.6 is 0 Å². The molecule has 82 valence electrons. The molecule has 1 aromatic rings. The molecule has 0 saturated heterocycles. The highest BCUT2D eigenvalue weighted by atomic mass is 16.4. The van der Waals surface area contributed by atoms with E-state index in [0.29, 0.717) is 13.0 Å². The summed E-state index contributed by atoms with van der Waals surface area (Å²) in [6, 6.07) is 5.76. The first-order valence-electron chi connectivity index (χ1n) is 5.06. The van der Waals surface area contributed by atoms with Gasteiger partial charge in [-0.3, -0.25) is 4.79 Å². The molecule has 0 aliphatic rings. The summed E-state index contributed by atoms with van der Waals surface area (Å²) >= 11 is 0. The second kappa shape index (κ2) is 4.94. The van der Waals surface area contributed by atoms with E-state index in [0.717, 1.165) is 11.1 Å². The molecule has 0 radical (unpaired) electrons. The first kappa shape index (κ1) is 11.7. The van der Waals surface area contributed by atoms with Gasteiger partial charge in [0.05, 0.1) is 5.92 Å². The number of carbonyl (C=O) groups is 1. The standard InChI is InChI=1S/C12H17NO2/c1-8-3-4-10(7-9(8)2)11(5-6-13)12(14)15/h3-4,7,11H,5-6,13H2,1-2H3,(H,14,15). The van der Waals surface area contributed by atoms with Crippen LogP contribution in [0.25, 0.3) is 0 Å². The van der Waals surface area contributed by atoms with Gasteiger partial charge in [0, 0.05) is 0 Å². The summed E-state index contributed by atoms with van der Waals surface area (Å²) in [6.45, 7) is 4.39. The molecule has 0 aliphatic carbocycles. The predicted octanol–water partition coefficient (Wildman–Crippen LogP) is 1.82. The Morgan fingerprint density at radius 1 is 1.40 bits per heavy atom. The first-order chi connectivity index (χ1) is 7.06. The lowest BCUT2D eigenvalue weighted by Crippen LogP contribution is -2.16. The largest absolute Gasteiger partial charge is 0.481 e. The van der Waals surface area contributed by atoms with E-state index < -0.39 is 11.9 Å². The van der Waals surface area contributed by atoms with Crippen molar-refractivity contribution < 1.29 is 9.90 Å². The summed E-state index contributed by atoms with van der Waals surface area (Å²) in [7, 11) is 0. The van der Waals surface area contributed by atoms with Gasteiger partial charge < -0.3 is 10.8 Å². The highest BCUT2D eigenvalue weighted by Crippen LogP contribution is 2.21. The summed E-state index contributed by atoms with van der Waals surface area (Å²) in [5.41, 5.74) is 8.55. The van der Waals surface area contributed by atoms with Gasteiger partial charge in [0.15, 0.2) is 0 Å². The van der Waals surface area contributed by atoms with Crippen molar-refractivity contribution in [2.24, 2.45) is 5.73 Å². The van der Waals surface area contributed by atoms with E-state index >= 15 is 0 Å². The molecule has 0 bridgehead atoms. The van der Waals surface area contributed by atoms with Gasteiger partial charge in [-0.25, -0.2) is 0 Å². The van der Waals surface area contributed by atoms with E-state index in [4.69, 9.17) is 10.8 Å². The summed E-state index contributed by atoms with van der Waals surface area (Å²) in [6.07, 6.45) is 0.484. The zero-order valence-corrected chi connectivity index (χ0v) is 9.16. The number of aliphatic carboxylic acids is 1. The van der Waals surface area contributed by atoms with Crippen LogP contribution in [-0.2, 0) is 4.79 Å². The molecule has 0 saturated carbocycles. The van der Waals surface area contributed by atoms with Gasteiger partial charge in [0.2, 0.25) is 0 Å². The number of hydrogen-bond donors (Lipinski definition) is 2. The number of hydrogen-bond acceptors (Lipinski definition) is 2. The lowest BCUT2D eigenvalue weighted by Gasteiger charge is -2.13. The van der Waals surface area contributed by atoms with Crippen molar-refractivity contribution in [2.75, 3.05) is 6.54 Å². The Balaban J connectivity index is 3.01. The highest BCUT2D eigenvalue weighted by molar-refractivity contribution is 5.76. The fourth-order valence-corrected chi connectivity index (χ4v) is 1.58. The SMILES string of the molecule is Cc1ccc(C(CCN)C(=O)O)cc1C. The molecular weight excluding hydrogens is 190 g/mol. The van der Waals surface area contributed by atoms with E-state index in [1.807, 2.05) is 32.0 Å². The van der Waals surface area contributed by atoms with Crippen LogP contribution in [0.2, 0.25) is 0 Å². The number of rotatable bonds is 4. The van der Waals surface area contributed by atoms with Crippen LogP contribution in [-0.4, -0.2) is 17.6 Å². The van der Waals surface area contributed by atoms with Crippen LogP contribution < -0.4 is 5.73 Å². The average Bonchev–Trinajstić information content (AvgIpc) is 2.18. The normalized spacial score (nSPS) is 12.5. The summed E-state index contributed by atoms with van der Waals surface area (Å²) in [5, 5.41) is 9.06. The van der Waals surface area contributed by atoms with Gasteiger partial charge in [0.25, 0.3) is 0 Å². The Morgan fingerprint density at radius 2 is 2.07 bits per heavy atom. The van der Waals surface area contributed by atoms with Crippen molar-refractivity contribution in [1.82, 2.24) is 0 Å². The smallest absolute Gasteiger partial charge is 0.311 e. The number of nitrogens with two attached hydrogens (primary N) is 1. The topological polar surface area (TPSA) is 63.3 Å². The monoisotopic (exact) mass is 207 g/mol. The maximum Gasteiger partial charge on any atom is 0.311 e.